The van der Waals surface area contributed by atoms with Crippen LogP contribution in [0.5, 0.6) is 11.5 Å². The molecular formula is C19H18N2O4. The third-order valence-corrected chi connectivity index (χ3v) is 3.92. The number of rotatable bonds is 5. The van der Waals surface area contributed by atoms with Crippen molar-refractivity contribution < 1.29 is 14.3 Å². The molecular weight excluding hydrogens is 320 g/mol. The number of para-hydroxylation sites is 1. The second-order valence-corrected chi connectivity index (χ2v) is 5.46. The highest BCUT2D eigenvalue weighted by Gasteiger charge is 2.12. The summed E-state index contributed by atoms with van der Waals surface area (Å²) in [7, 11) is 3.08. The number of H-pyrrole nitrogens is 1. The number of aromatic nitrogens is 1. The van der Waals surface area contributed by atoms with E-state index in [0.29, 0.717) is 28.1 Å². The van der Waals surface area contributed by atoms with Crippen molar-refractivity contribution >= 4 is 16.8 Å². The molecule has 2 aromatic carbocycles. The van der Waals surface area contributed by atoms with Gasteiger partial charge in [0, 0.05) is 18.2 Å². The fourth-order valence-corrected chi connectivity index (χ4v) is 2.59. The van der Waals surface area contributed by atoms with Gasteiger partial charge in [0.1, 0.15) is 11.5 Å². The van der Waals surface area contributed by atoms with Crippen LogP contribution in [-0.4, -0.2) is 25.1 Å². The maximum Gasteiger partial charge on any atom is 0.255 e. The van der Waals surface area contributed by atoms with E-state index in [4.69, 9.17) is 9.47 Å². The van der Waals surface area contributed by atoms with Crippen LogP contribution in [0.25, 0.3) is 10.9 Å². The minimum absolute atomic E-state index is 0.119. The first-order valence-electron chi connectivity index (χ1n) is 7.73. The van der Waals surface area contributed by atoms with E-state index in [9.17, 15) is 9.59 Å². The molecule has 0 spiro atoms. The number of nitrogens with one attached hydrogen (secondary N) is 2. The third kappa shape index (κ3) is 3.47. The van der Waals surface area contributed by atoms with Crippen LogP contribution in [0.4, 0.5) is 0 Å². The Labute approximate surface area is 144 Å². The first-order chi connectivity index (χ1) is 12.1. The van der Waals surface area contributed by atoms with Gasteiger partial charge in [0.25, 0.3) is 11.5 Å². The Bertz CT molecular complexity index is 979. The molecule has 0 saturated heterocycles. The van der Waals surface area contributed by atoms with E-state index < -0.39 is 0 Å². The predicted molar refractivity (Wildman–Crippen MR) is 95.3 cm³/mol. The molecule has 0 aliphatic rings. The summed E-state index contributed by atoms with van der Waals surface area (Å²) in [6, 6.07) is 14.1. The van der Waals surface area contributed by atoms with Gasteiger partial charge in [0.15, 0.2) is 0 Å². The maximum atomic E-state index is 12.3. The summed E-state index contributed by atoms with van der Waals surface area (Å²) in [6.45, 7) is 0.119. The first-order valence-corrected chi connectivity index (χ1v) is 7.73. The van der Waals surface area contributed by atoms with Gasteiger partial charge in [0.05, 0.1) is 25.3 Å². The van der Waals surface area contributed by atoms with Gasteiger partial charge in [0.2, 0.25) is 0 Å². The first kappa shape index (κ1) is 16.6. The standard InChI is InChI=1S/C19H18N2O4/c1-24-14-8-7-12-9-13(18(22)21-16(12)10-14)11-20-19(23)15-5-3-4-6-17(15)25-2/h3-10H,11H2,1-2H3,(H,20,23)(H,21,22). The molecule has 2 N–H and O–H groups in total. The van der Waals surface area contributed by atoms with E-state index in [1.54, 1.807) is 43.5 Å². The molecule has 6 heteroatoms. The SMILES string of the molecule is COc1ccc2cc(CNC(=O)c3ccccc3OC)c(=O)[nH]c2c1. The number of hydrogen-bond acceptors (Lipinski definition) is 4. The van der Waals surface area contributed by atoms with Crippen LogP contribution in [0, 0.1) is 0 Å². The normalized spacial score (nSPS) is 10.5. The number of hydrogen-bond donors (Lipinski definition) is 2. The van der Waals surface area contributed by atoms with Crippen molar-refractivity contribution in [2.45, 2.75) is 6.54 Å². The lowest BCUT2D eigenvalue weighted by Gasteiger charge is -2.09. The number of pyridine rings is 1. The number of fused-ring (bicyclic) bond motifs is 1. The number of methoxy groups -OCH3 is 2. The second kappa shape index (κ2) is 7.09. The number of aromatic amines is 1. The average molecular weight is 338 g/mol. The van der Waals surface area contributed by atoms with E-state index in [1.165, 1.54) is 7.11 Å². The third-order valence-electron chi connectivity index (χ3n) is 3.92. The molecule has 0 aliphatic heterocycles. The van der Waals surface area contributed by atoms with E-state index in [1.807, 2.05) is 12.1 Å². The molecule has 1 heterocycles. The fraction of sp³-hybridized carbons (Fsp3) is 0.158. The molecule has 3 aromatic rings. The number of benzene rings is 2. The lowest BCUT2D eigenvalue weighted by atomic mass is 10.1. The zero-order chi connectivity index (χ0) is 17.8. The van der Waals surface area contributed by atoms with Crippen LogP contribution in [0.3, 0.4) is 0 Å². The molecule has 0 bridgehead atoms. The van der Waals surface area contributed by atoms with Gasteiger partial charge >= 0.3 is 0 Å². The molecule has 0 unspecified atom stereocenters. The van der Waals surface area contributed by atoms with Gasteiger partial charge < -0.3 is 19.8 Å². The largest absolute Gasteiger partial charge is 0.497 e. The van der Waals surface area contributed by atoms with E-state index in [0.717, 1.165) is 5.39 Å². The molecule has 1 amide bonds. The lowest BCUT2D eigenvalue weighted by molar-refractivity contribution is 0.0948. The highest BCUT2D eigenvalue weighted by molar-refractivity contribution is 5.96. The van der Waals surface area contributed by atoms with Crippen molar-refractivity contribution in [3.63, 3.8) is 0 Å². The zero-order valence-corrected chi connectivity index (χ0v) is 14.0. The molecule has 0 aliphatic carbocycles. The number of carbonyl (C=O) groups excluding carboxylic acids is 1. The number of amides is 1. The second-order valence-electron chi connectivity index (χ2n) is 5.46. The molecule has 6 nitrogen and oxygen atoms in total. The summed E-state index contributed by atoms with van der Waals surface area (Å²) in [5.74, 6) is 0.853. The molecule has 0 atom stereocenters. The molecule has 0 fully saturated rings. The Kier molecular flexibility index (Phi) is 4.70. The fourth-order valence-electron chi connectivity index (χ4n) is 2.59. The Balaban J connectivity index is 1.82. The molecule has 25 heavy (non-hydrogen) atoms. The zero-order valence-electron chi connectivity index (χ0n) is 14.0. The van der Waals surface area contributed by atoms with E-state index >= 15 is 0 Å². The quantitative estimate of drug-likeness (QED) is 0.749. The number of ether oxygens (including phenoxy) is 2. The van der Waals surface area contributed by atoms with Crippen LogP contribution < -0.4 is 20.3 Å². The molecule has 0 radical (unpaired) electrons. The summed E-state index contributed by atoms with van der Waals surface area (Å²) in [5, 5.41) is 3.62. The molecule has 3 rings (SSSR count). The van der Waals surface area contributed by atoms with Crippen molar-refractivity contribution in [1.29, 1.82) is 0 Å². The lowest BCUT2D eigenvalue weighted by Crippen LogP contribution is -2.27. The van der Waals surface area contributed by atoms with Crippen molar-refractivity contribution in [1.82, 2.24) is 10.3 Å². The van der Waals surface area contributed by atoms with Crippen LogP contribution in [-0.2, 0) is 6.54 Å². The van der Waals surface area contributed by atoms with E-state index in [2.05, 4.69) is 10.3 Å². The van der Waals surface area contributed by atoms with Gasteiger partial charge in [-0.3, -0.25) is 9.59 Å². The van der Waals surface area contributed by atoms with Crippen molar-refractivity contribution in [2.75, 3.05) is 14.2 Å². The Hall–Kier alpha value is -3.28. The Morgan fingerprint density at radius 2 is 1.88 bits per heavy atom. The van der Waals surface area contributed by atoms with Crippen molar-refractivity contribution in [2.24, 2.45) is 0 Å². The molecule has 0 saturated carbocycles. The molecule has 1 aromatic heterocycles. The van der Waals surface area contributed by atoms with Gasteiger partial charge in [-0.05, 0) is 35.7 Å². The van der Waals surface area contributed by atoms with Crippen molar-refractivity contribution in [3.8, 4) is 11.5 Å². The van der Waals surface area contributed by atoms with Gasteiger partial charge in [-0.1, -0.05) is 12.1 Å². The average Bonchev–Trinajstić information content (AvgIpc) is 2.65. The highest BCUT2D eigenvalue weighted by Crippen LogP contribution is 2.19. The summed E-state index contributed by atoms with van der Waals surface area (Å²) in [4.78, 5) is 27.4. The van der Waals surface area contributed by atoms with E-state index in [-0.39, 0.29) is 18.0 Å². The molecule has 128 valence electrons. The monoisotopic (exact) mass is 338 g/mol. The smallest absolute Gasteiger partial charge is 0.255 e. The van der Waals surface area contributed by atoms with Gasteiger partial charge in [-0.15, -0.1) is 0 Å². The van der Waals surface area contributed by atoms with Crippen LogP contribution in [0.1, 0.15) is 15.9 Å². The Morgan fingerprint density at radius 1 is 1.08 bits per heavy atom. The topological polar surface area (TPSA) is 80.4 Å². The summed E-state index contributed by atoms with van der Waals surface area (Å²) in [5.41, 5.74) is 1.33. The van der Waals surface area contributed by atoms with Crippen LogP contribution in [0.15, 0.2) is 53.3 Å². The minimum Gasteiger partial charge on any atom is -0.497 e. The predicted octanol–water partition coefficient (Wildman–Crippen LogP) is 2.48. The van der Waals surface area contributed by atoms with Gasteiger partial charge in [-0.25, -0.2) is 0 Å². The summed E-state index contributed by atoms with van der Waals surface area (Å²) >= 11 is 0. The summed E-state index contributed by atoms with van der Waals surface area (Å²) in [6.07, 6.45) is 0. The van der Waals surface area contributed by atoms with Crippen LogP contribution in [0.2, 0.25) is 0 Å². The van der Waals surface area contributed by atoms with Gasteiger partial charge in [-0.2, -0.15) is 0 Å². The summed E-state index contributed by atoms with van der Waals surface area (Å²) < 4.78 is 10.3. The maximum absolute atomic E-state index is 12.3. The Morgan fingerprint density at radius 3 is 2.64 bits per heavy atom. The number of carbonyl (C=O) groups is 1. The highest BCUT2D eigenvalue weighted by atomic mass is 16.5. The van der Waals surface area contributed by atoms with Crippen molar-refractivity contribution in [3.05, 3.63) is 70.0 Å². The van der Waals surface area contributed by atoms with Crippen LogP contribution >= 0.6 is 0 Å². The minimum atomic E-state index is -0.299.